The Kier molecular flexibility index (Phi) is 5.23. The zero-order valence-electron chi connectivity index (χ0n) is 10.1. The fourth-order valence-corrected chi connectivity index (χ4v) is 1.94. The van der Waals surface area contributed by atoms with Crippen molar-refractivity contribution in [1.29, 1.82) is 0 Å². The number of hydrogen-bond donors (Lipinski definition) is 1. The zero-order chi connectivity index (χ0) is 12.1. The second kappa shape index (κ2) is 6.21. The van der Waals surface area contributed by atoms with Crippen LogP contribution in [0.15, 0.2) is 18.2 Å². The van der Waals surface area contributed by atoms with Gasteiger partial charge in [0.15, 0.2) is 0 Å². The van der Waals surface area contributed by atoms with Crippen LogP contribution in [0.5, 0.6) is 0 Å². The Hall–Kier alpha value is -0.600. The van der Waals surface area contributed by atoms with Gasteiger partial charge >= 0.3 is 0 Å². The number of benzene rings is 1. The summed E-state index contributed by atoms with van der Waals surface area (Å²) < 4.78 is 13.1. The SMILES string of the molecule is CCNC(C)C(C)Cc1cc(F)ccc1Cl. The topological polar surface area (TPSA) is 12.0 Å². The van der Waals surface area contributed by atoms with E-state index in [1.54, 1.807) is 6.07 Å². The smallest absolute Gasteiger partial charge is 0.123 e. The summed E-state index contributed by atoms with van der Waals surface area (Å²) in [7, 11) is 0. The minimum atomic E-state index is -0.220. The van der Waals surface area contributed by atoms with Crippen molar-refractivity contribution >= 4 is 11.6 Å². The van der Waals surface area contributed by atoms with Gasteiger partial charge in [0, 0.05) is 11.1 Å². The fraction of sp³-hybridized carbons (Fsp3) is 0.538. The number of hydrogen-bond acceptors (Lipinski definition) is 1. The third-order valence-electron chi connectivity index (χ3n) is 2.93. The van der Waals surface area contributed by atoms with Gasteiger partial charge in [-0.3, -0.25) is 0 Å². The van der Waals surface area contributed by atoms with Crippen molar-refractivity contribution < 1.29 is 4.39 Å². The van der Waals surface area contributed by atoms with E-state index in [0.717, 1.165) is 18.5 Å². The molecule has 2 unspecified atom stereocenters. The van der Waals surface area contributed by atoms with E-state index in [0.29, 0.717) is 17.0 Å². The van der Waals surface area contributed by atoms with Crippen LogP contribution in [0.3, 0.4) is 0 Å². The molecule has 0 heterocycles. The molecule has 0 amide bonds. The Labute approximate surface area is 102 Å². The van der Waals surface area contributed by atoms with Crippen LogP contribution in [-0.2, 0) is 6.42 Å². The van der Waals surface area contributed by atoms with Crippen LogP contribution in [0.1, 0.15) is 26.3 Å². The Balaban J connectivity index is 2.68. The van der Waals surface area contributed by atoms with Gasteiger partial charge in [0.25, 0.3) is 0 Å². The maximum atomic E-state index is 13.1. The summed E-state index contributed by atoms with van der Waals surface area (Å²) in [5.41, 5.74) is 0.888. The van der Waals surface area contributed by atoms with E-state index in [1.807, 2.05) is 0 Å². The van der Waals surface area contributed by atoms with Crippen LogP contribution in [0.25, 0.3) is 0 Å². The molecule has 90 valence electrons. The summed E-state index contributed by atoms with van der Waals surface area (Å²) in [4.78, 5) is 0. The molecule has 1 rings (SSSR count). The summed E-state index contributed by atoms with van der Waals surface area (Å²) in [6.45, 7) is 7.32. The highest BCUT2D eigenvalue weighted by molar-refractivity contribution is 6.31. The van der Waals surface area contributed by atoms with Crippen molar-refractivity contribution in [2.24, 2.45) is 5.92 Å². The van der Waals surface area contributed by atoms with Crippen molar-refractivity contribution in [1.82, 2.24) is 5.32 Å². The van der Waals surface area contributed by atoms with Crippen LogP contribution in [0.4, 0.5) is 4.39 Å². The molecule has 1 nitrogen and oxygen atoms in total. The molecule has 0 aliphatic carbocycles. The Morgan fingerprint density at radius 1 is 1.38 bits per heavy atom. The number of nitrogens with one attached hydrogen (secondary N) is 1. The third-order valence-corrected chi connectivity index (χ3v) is 3.30. The molecular formula is C13H19ClFN. The molecule has 0 saturated carbocycles. The van der Waals surface area contributed by atoms with Gasteiger partial charge in [-0.2, -0.15) is 0 Å². The van der Waals surface area contributed by atoms with Gasteiger partial charge in [0.1, 0.15) is 5.82 Å². The molecule has 1 aromatic rings. The van der Waals surface area contributed by atoms with E-state index in [2.05, 4.69) is 26.1 Å². The van der Waals surface area contributed by atoms with Gasteiger partial charge in [0.2, 0.25) is 0 Å². The molecule has 0 aromatic heterocycles. The van der Waals surface area contributed by atoms with E-state index in [9.17, 15) is 4.39 Å². The molecule has 3 heteroatoms. The zero-order valence-corrected chi connectivity index (χ0v) is 10.8. The van der Waals surface area contributed by atoms with Gasteiger partial charge in [-0.1, -0.05) is 25.4 Å². The van der Waals surface area contributed by atoms with Gasteiger partial charge in [-0.25, -0.2) is 4.39 Å². The first-order valence-corrected chi connectivity index (χ1v) is 6.09. The molecule has 0 fully saturated rings. The van der Waals surface area contributed by atoms with Gasteiger partial charge in [0.05, 0.1) is 0 Å². The fourth-order valence-electron chi connectivity index (χ4n) is 1.75. The highest BCUT2D eigenvalue weighted by Gasteiger charge is 2.13. The third kappa shape index (κ3) is 3.76. The van der Waals surface area contributed by atoms with E-state index in [1.165, 1.54) is 12.1 Å². The van der Waals surface area contributed by atoms with Gasteiger partial charge < -0.3 is 5.32 Å². The Morgan fingerprint density at radius 2 is 2.06 bits per heavy atom. The second-order valence-electron chi connectivity index (χ2n) is 4.26. The van der Waals surface area contributed by atoms with Gasteiger partial charge in [-0.15, -0.1) is 0 Å². The standard InChI is InChI=1S/C13H19ClFN/c1-4-16-10(3)9(2)7-11-8-12(15)5-6-13(11)14/h5-6,8-10,16H,4,7H2,1-3H3. The molecule has 0 radical (unpaired) electrons. The van der Waals surface area contributed by atoms with Crippen LogP contribution in [0.2, 0.25) is 5.02 Å². The number of halogens is 2. The highest BCUT2D eigenvalue weighted by atomic mass is 35.5. The molecule has 1 N–H and O–H groups in total. The average molecular weight is 244 g/mol. The largest absolute Gasteiger partial charge is 0.314 e. The summed E-state index contributed by atoms with van der Waals surface area (Å²) in [5, 5.41) is 4.01. The van der Waals surface area contributed by atoms with Gasteiger partial charge in [-0.05, 0) is 49.6 Å². The molecular weight excluding hydrogens is 225 g/mol. The van der Waals surface area contributed by atoms with Crippen LogP contribution < -0.4 is 5.32 Å². The predicted octanol–water partition coefficient (Wildman–Crippen LogP) is 3.66. The van der Waals surface area contributed by atoms with Crippen LogP contribution >= 0.6 is 11.6 Å². The maximum Gasteiger partial charge on any atom is 0.123 e. The minimum absolute atomic E-state index is 0.220. The molecule has 2 atom stereocenters. The first-order chi connectivity index (χ1) is 7.54. The van der Waals surface area contributed by atoms with Crippen molar-refractivity contribution in [3.8, 4) is 0 Å². The summed E-state index contributed by atoms with van der Waals surface area (Å²) in [6, 6.07) is 4.95. The first-order valence-electron chi connectivity index (χ1n) is 5.72. The first kappa shape index (κ1) is 13.5. The monoisotopic (exact) mass is 243 g/mol. The van der Waals surface area contributed by atoms with E-state index < -0.39 is 0 Å². The van der Waals surface area contributed by atoms with Crippen LogP contribution in [0, 0.1) is 11.7 Å². The van der Waals surface area contributed by atoms with E-state index >= 15 is 0 Å². The lowest BCUT2D eigenvalue weighted by Crippen LogP contribution is -2.32. The minimum Gasteiger partial charge on any atom is -0.314 e. The predicted molar refractivity (Wildman–Crippen MR) is 67.4 cm³/mol. The lowest BCUT2D eigenvalue weighted by Gasteiger charge is -2.21. The number of rotatable bonds is 5. The van der Waals surface area contributed by atoms with Crippen molar-refractivity contribution in [3.63, 3.8) is 0 Å². The molecule has 0 spiro atoms. The second-order valence-corrected chi connectivity index (χ2v) is 4.67. The van der Waals surface area contributed by atoms with E-state index in [-0.39, 0.29) is 5.82 Å². The summed E-state index contributed by atoms with van der Waals surface area (Å²) >= 11 is 6.03. The molecule has 0 aliphatic rings. The lowest BCUT2D eigenvalue weighted by molar-refractivity contribution is 0.406. The van der Waals surface area contributed by atoms with Crippen LogP contribution in [-0.4, -0.2) is 12.6 Å². The molecule has 0 aliphatic heterocycles. The highest BCUT2D eigenvalue weighted by Crippen LogP contribution is 2.21. The molecule has 0 bridgehead atoms. The normalized spacial score (nSPS) is 14.8. The van der Waals surface area contributed by atoms with E-state index in [4.69, 9.17) is 11.6 Å². The quantitative estimate of drug-likeness (QED) is 0.832. The summed E-state index contributed by atoms with van der Waals surface area (Å²) in [6.07, 6.45) is 0.796. The molecule has 1 aromatic carbocycles. The maximum absolute atomic E-state index is 13.1. The Bertz CT molecular complexity index is 341. The molecule has 0 saturated heterocycles. The van der Waals surface area contributed by atoms with Crippen molar-refractivity contribution in [3.05, 3.63) is 34.6 Å². The van der Waals surface area contributed by atoms with Crippen molar-refractivity contribution in [2.75, 3.05) is 6.54 Å². The Morgan fingerprint density at radius 3 is 2.69 bits per heavy atom. The average Bonchev–Trinajstić information content (AvgIpc) is 2.23. The van der Waals surface area contributed by atoms with Crippen molar-refractivity contribution in [2.45, 2.75) is 33.2 Å². The molecule has 16 heavy (non-hydrogen) atoms. The lowest BCUT2D eigenvalue weighted by atomic mass is 9.95. The summed E-state index contributed by atoms with van der Waals surface area (Å²) in [5.74, 6) is 0.210.